The van der Waals surface area contributed by atoms with E-state index >= 15 is 0 Å². The molecule has 2 heterocycles. The van der Waals surface area contributed by atoms with Crippen LogP contribution in [0.25, 0.3) is 28.1 Å². The van der Waals surface area contributed by atoms with Gasteiger partial charge in [0.1, 0.15) is 5.82 Å². The number of hydrogen-bond donors (Lipinski definition) is 1. The average Bonchev–Trinajstić information content (AvgIpc) is 2.80. The maximum atomic E-state index is 14.2. The highest BCUT2D eigenvalue weighted by Crippen LogP contribution is 2.30. The van der Waals surface area contributed by atoms with Gasteiger partial charge >= 0.3 is 0 Å². The van der Waals surface area contributed by atoms with Gasteiger partial charge in [0, 0.05) is 24.0 Å². The zero-order valence-electron chi connectivity index (χ0n) is 18.1. The van der Waals surface area contributed by atoms with Crippen LogP contribution in [0, 0.1) is 11.6 Å². The third-order valence-electron chi connectivity index (χ3n) is 5.18. The molecule has 5 rings (SSSR count). The number of fused-ring (bicyclic) bond motifs is 2. The second-order valence-corrected chi connectivity index (χ2v) is 7.96. The summed E-state index contributed by atoms with van der Waals surface area (Å²) >= 11 is 0. The number of pyridine rings is 1. The van der Waals surface area contributed by atoms with E-state index in [-0.39, 0.29) is 6.04 Å². The molecule has 0 unspecified atom stereocenters. The summed E-state index contributed by atoms with van der Waals surface area (Å²) in [5, 5.41) is 4.05. The molecule has 33 heavy (non-hydrogen) atoms. The van der Waals surface area contributed by atoms with Crippen molar-refractivity contribution >= 4 is 22.5 Å². The summed E-state index contributed by atoms with van der Waals surface area (Å²) in [5.74, 6) is -1.11. The van der Waals surface area contributed by atoms with Gasteiger partial charge < -0.3 is 9.88 Å². The van der Waals surface area contributed by atoms with Crippen molar-refractivity contribution in [2.75, 3.05) is 5.32 Å². The molecule has 1 N–H and O–H groups in total. The van der Waals surface area contributed by atoms with Crippen molar-refractivity contribution in [3.63, 3.8) is 0 Å². The molecule has 3 aromatic rings. The number of anilines is 2. The van der Waals surface area contributed by atoms with E-state index in [1.54, 1.807) is 12.3 Å². The van der Waals surface area contributed by atoms with Gasteiger partial charge in [-0.25, -0.2) is 18.7 Å². The number of halogens is 2. The van der Waals surface area contributed by atoms with Crippen LogP contribution in [0.5, 0.6) is 0 Å². The Morgan fingerprint density at radius 3 is 2.48 bits per heavy atom. The Morgan fingerprint density at radius 2 is 1.73 bits per heavy atom. The van der Waals surface area contributed by atoms with Gasteiger partial charge in [-0.2, -0.15) is 0 Å². The normalized spacial score (nSPS) is 12.1. The second kappa shape index (κ2) is 8.43. The topological polar surface area (TPSA) is 55.1 Å². The summed E-state index contributed by atoms with van der Waals surface area (Å²) in [4.78, 5) is 14.0. The maximum absolute atomic E-state index is 14.2. The molecule has 1 aliphatic carbocycles. The molecule has 0 amide bonds. The quantitative estimate of drug-likeness (QED) is 0.356. The van der Waals surface area contributed by atoms with Crippen molar-refractivity contribution in [3.8, 4) is 17.1 Å². The van der Waals surface area contributed by atoms with Gasteiger partial charge in [-0.3, -0.25) is 4.99 Å². The van der Waals surface area contributed by atoms with Crippen LogP contribution in [0.1, 0.15) is 13.8 Å². The maximum Gasteiger partial charge on any atom is 0.160 e. The molecule has 0 radical (unpaired) electrons. The van der Waals surface area contributed by atoms with Crippen LogP contribution in [-0.2, 0) is 0 Å². The third kappa shape index (κ3) is 4.05. The minimum absolute atomic E-state index is 0.0388. The minimum Gasteiger partial charge on any atom is -0.338 e. The van der Waals surface area contributed by atoms with Crippen molar-refractivity contribution in [3.05, 3.63) is 96.0 Å². The predicted molar refractivity (Wildman–Crippen MR) is 126 cm³/mol. The Balaban J connectivity index is 1.84. The fourth-order valence-corrected chi connectivity index (χ4v) is 3.80. The molecular formula is C26H21F2N5. The van der Waals surface area contributed by atoms with E-state index in [2.05, 4.69) is 10.3 Å². The van der Waals surface area contributed by atoms with E-state index in [1.807, 2.05) is 73.0 Å². The molecule has 0 fully saturated rings. The van der Waals surface area contributed by atoms with Crippen molar-refractivity contribution in [2.24, 2.45) is 4.99 Å². The number of nitrogens with one attached hydrogen (secondary N) is 1. The number of benzene rings is 3. The van der Waals surface area contributed by atoms with E-state index in [9.17, 15) is 8.78 Å². The highest BCUT2D eigenvalue weighted by Gasteiger charge is 2.17. The Morgan fingerprint density at radius 1 is 0.909 bits per heavy atom. The lowest BCUT2D eigenvalue weighted by Gasteiger charge is -2.20. The van der Waals surface area contributed by atoms with Crippen molar-refractivity contribution in [1.82, 2.24) is 14.5 Å². The number of nitrogens with zero attached hydrogens (tertiary/aromatic N) is 4. The van der Waals surface area contributed by atoms with Gasteiger partial charge in [0.05, 0.1) is 33.5 Å². The lowest BCUT2D eigenvalue weighted by atomic mass is 10.1. The first-order valence-corrected chi connectivity index (χ1v) is 10.6. The van der Waals surface area contributed by atoms with E-state index < -0.39 is 11.6 Å². The Hall–Kier alpha value is -4.13. The van der Waals surface area contributed by atoms with Gasteiger partial charge in [-0.15, -0.1) is 0 Å². The first-order valence-electron chi connectivity index (χ1n) is 10.6. The van der Waals surface area contributed by atoms with Gasteiger partial charge in [0.15, 0.2) is 11.6 Å². The molecule has 5 nitrogen and oxygen atoms in total. The van der Waals surface area contributed by atoms with Crippen molar-refractivity contribution < 1.29 is 8.78 Å². The number of para-hydroxylation sites is 2. The van der Waals surface area contributed by atoms with Gasteiger partial charge in [-0.05, 0) is 62.4 Å². The largest absolute Gasteiger partial charge is 0.338 e. The molecule has 2 aliphatic rings. The number of hydrogen-bond acceptors (Lipinski definition) is 4. The monoisotopic (exact) mass is 441 g/mol. The Bertz CT molecular complexity index is 1490. The molecule has 0 saturated carbocycles. The van der Waals surface area contributed by atoms with E-state index in [1.165, 1.54) is 6.07 Å². The molecule has 0 bridgehead atoms. The molecule has 164 valence electrons. The summed E-state index contributed by atoms with van der Waals surface area (Å²) in [7, 11) is 0. The zero-order valence-corrected chi connectivity index (χ0v) is 18.1. The molecule has 1 aliphatic heterocycles. The molecule has 2 aromatic carbocycles. The van der Waals surface area contributed by atoms with Crippen LogP contribution < -0.4 is 10.7 Å². The summed E-state index contributed by atoms with van der Waals surface area (Å²) < 4.78 is 29.7. The van der Waals surface area contributed by atoms with Crippen LogP contribution >= 0.6 is 0 Å². The van der Waals surface area contributed by atoms with E-state index in [0.717, 1.165) is 33.8 Å². The fraction of sp³-hybridized carbons (Fsp3) is 0.115. The summed E-state index contributed by atoms with van der Waals surface area (Å²) in [6.07, 6.45) is 1.71. The van der Waals surface area contributed by atoms with E-state index in [4.69, 9.17) is 9.98 Å². The highest BCUT2D eigenvalue weighted by molar-refractivity contribution is 5.84. The average molecular weight is 441 g/mol. The smallest absolute Gasteiger partial charge is 0.160 e. The summed E-state index contributed by atoms with van der Waals surface area (Å²) in [6.45, 7) is 3.99. The molecule has 0 spiro atoms. The molecular weight excluding hydrogens is 420 g/mol. The summed E-state index contributed by atoms with van der Waals surface area (Å²) in [6, 6.07) is 21.0. The van der Waals surface area contributed by atoms with Crippen LogP contribution in [0.4, 0.5) is 20.3 Å². The number of aromatic nitrogens is 3. The molecule has 7 heteroatoms. The third-order valence-corrected chi connectivity index (χ3v) is 5.18. The summed E-state index contributed by atoms with van der Waals surface area (Å²) in [5.41, 5.74) is 4.17. The standard InChI is InChI=1S/C26H21F2N5/c1-16(2)30-22-15-25-23(14-21(22)32-26-9-5-6-12-29-26)31-20-7-3-4-8-24(20)33(25)17-10-11-18(27)19(28)13-17/h3-16H,1-2H3,(H,29,32). The Labute approximate surface area is 189 Å². The lowest BCUT2D eigenvalue weighted by molar-refractivity contribution is 0.508. The van der Waals surface area contributed by atoms with Crippen molar-refractivity contribution in [2.45, 2.75) is 19.9 Å². The molecule has 0 atom stereocenters. The van der Waals surface area contributed by atoms with Crippen LogP contribution in [0.3, 0.4) is 0 Å². The SMILES string of the molecule is CC(C)N=c1cc2n(-c3ccc(F)c(F)c3)c3ccccc3nc-2cc1Nc1ccccn1. The highest BCUT2D eigenvalue weighted by atomic mass is 19.2. The predicted octanol–water partition coefficient (Wildman–Crippen LogP) is 5.86. The van der Waals surface area contributed by atoms with Crippen LogP contribution in [0.2, 0.25) is 0 Å². The first kappa shape index (κ1) is 20.8. The molecule has 0 saturated heterocycles. The number of rotatable bonds is 4. The Kier molecular flexibility index (Phi) is 5.30. The van der Waals surface area contributed by atoms with Crippen LogP contribution in [0.15, 0.2) is 84.0 Å². The van der Waals surface area contributed by atoms with Gasteiger partial charge in [-0.1, -0.05) is 18.2 Å². The van der Waals surface area contributed by atoms with Gasteiger partial charge in [0.2, 0.25) is 0 Å². The first-order chi connectivity index (χ1) is 16.0. The minimum atomic E-state index is -0.908. The second-order valence-electron chi connectivity index (χ2n) is 7.96. The zero-order chi connectivity index (χ0) is 22.9. The fourth-order valence-electron chi connectivity index (χ4n) is 3.80. The van der Waals surface area contributed by atoms with Crippen molar-refractivity contribution in [1.29, 1.82) is 0 Å². The van der Waals surface area contributed by atoms with Crippen LogP contribution in [-0.4, -0.2) is 20.6 Å². The molecule has 1 aromatic heterocycles. The van der Waals surface area contributed by atoms with Gasteiger partial charge in [0.25, 0.3) is 0 Å². The van der Waals surface area contributed by atoms with E-state index in [0.29, 0.717) is 17.2 Å². The lowest BCUT2D eigenvalue weighted by Crippen LogP contribution is -2.16.